The van der Waals surface area contributed by atoms with Crippen molar-refractivity contribution in [3.8, 4) is 0 Å². The third-order valence-electron chi connectivity index (χ3n) is 0.198. The molecular weight excluding hydrogens is 313 g/mol. The number of nitrogens with one attached hydrogen (secondary N) is 1. The van der Waals surface area contributed by atoms with Gasteiger partial charge in [-0.05, 0) is 0 Å². The topological polar surface area (TPSA) is 64.3 Å². The molecule has 0 atom stereocenters. The first-order chi connectivity index (χ1) is 2.81. The first-order valence-electron chi connectivity index (χ1n) is 1.12. The van der Waals surface area contributed by atoms with Crippen molar-refractivity contribution in [3.05, 3.63) is 0 Å². The fourth-order valence-electron chi connectivity index (χ4n) is 0.0264. The third kappa shape index (κ3) is 6.46. The fourth-order valence-corrected chi connectivity index (χ4v) is 0.0791. The van der Waals surface area contributed by atoms with Gasteiger partial charge in [0.05, 0.1) is 0 Å². The van der Waals surface area contributed by atoms with Gasteiger partial charge >= 0.3 is 32.3 Å². The van der Waals surface area contributed by atoms with E-state index in [1.165, 1.54) is 0 Å². The van der Waals surface area contributed by atoms with Crippen LogP contribution >= 0.6 is 12.8 Å². The van der Waals surface area contributed by atoms with Crippen LogP contribution in [0, 0.1) is 0 Å². The van der Waals surface area contributed by atoms with E-state index in [1.54, 1.807) is 0 Å². The van der Waals surface area contributed by atoms with Crippen LogP contribution in [0.15, 0.2) is 0 Å². The molecule has 0 aromatic heterocycles. The first kappa shape index (κ1) is 10.4. The van der Waals surface area contributed by atoms with Gasteiger partial charge in [-0.1, -0.05) is 12.8 Å². The zero-order valence-corrected chi connectivity index (χ0v) is 9.94. The first-order valence-corrected chi connectivity index (χ1v) is 1.56. The molecule has 44 valence electrons. The second-order valence-corrected chi connectivity index (χ2v) is 0.741. The average molecular weight is 320 g/mol. The molecular formula is CH7BiN2O2S. The molecule has 4 nitrogen and oxygen atoms in total. The second-order valence-electron chi connectivity index (χ2n) is 0.517. The summed E-state index contributed by atoms with van der Waals surface area (Å²) in [6.45, 7) is 0. The van der Waals surface area contributed by atoms with Gasteiger partial charge in [0, 0.05) is 0 Å². The van der Waals surface area contributed by atoms with Crippen molar-refractivity contribution in [1.82, 2.24) is 4.72 Å². The molecule has 0 aromatic rings. The molecule has 7 heavy (non-hydrogen) atoms. The summed E-state index contributed by atoms with van der Waals surface area (Å²) >= 11 is 3.29. The molecule has 0 saturated heterocycles. The number of hydrogen-bond donors (Lipinski definition) is 3. The number of amides is 1. The Kier molecular flexibility index (Phi) is 9.64. The number of carbonyl (C=O) groups excluding carboxylic acids is 1. The maximum absolute atomic E-state index is 9.65. The Morgan fingerprint density at radius 3 is 2.29 bits per heavy atom. The van der Waals surface area contributed by atoms with Crippen molar-refractivity contribution in [2.45, 2.75) is 0 Å². The quantitative estimate of drug-likeness (QED) is 0.282. The van der Waals surface area contributed by atoms with Gasteiger partial charge in [0.2, 0.25) is 0 Å². The standard InChI is InChI=1S/CH4N2O2S.Bi.3H/c2-5-1(4)3-6;;;;/h6H,2H2,(H,3,4);;;;. The van der Waals surface area contributed by atoms with Gasteiger partial charge in [-0.15, -0.1) is 0 Å². The Morgan fingerprint density at radius 2 is 2.29 bits per heavy atom. The summed E-state index contributed by atoms with van der Waals surface area (Å²) in [6, 6.07) is 0. The molecule has 0 spiro atoms. The van der Waals surface area contributed by atoms with Gasteiger partial charge in [0.25, 0.3) is 0 Å². The van der Waals surface area contributed by atoms with Crippen LogP contribution in [-0.4, -0.2) is 32.3 Å². The molecule has 0 bridgehead atoms. The zero-order chi connectivity index (χ0) is 4.99. The van der Waals surface area contributed by atoms with Crippen LogP contribution in [0.25, 0.3) is 0 Å². The van der Waals surface area contributed by atoms with E-state index in [2.05, 4.69) is 23.5 Å². The molecule has 0 rings (SSSR count). The number of hydrogen-bond acceptors (Lipinski definition) is 4. The summed E-state index contributed by atoms with van der Waals surface area (Å²) < 4.78 is 1.82. The van der Waals surface area contributed by atoms with Crippen molar-refractivity contribution >= 4 is 45.1 Å². The fraction of sp³-hybridized carbons (Fsp3) is 0. The molecule has 1 amide bonds. The van der Waals surface area contributed by atoms with E-state index in [9.17, 15) is 4.79 Å². The van der Waals surface area contributed by atoms with E-state index in [-0.39, 0.29) is 26.2 Å². The molecule has 0 saturated carbocycles. The van der Waals surface area contributed by atoms with Crippen LogP contribution < -0.4 is 10.6 Å². The summed E-state index contributed by atoms with van der Waals surface area (Å²) in [6.07, 6.45) is -0.765. The van der Waals surface area contributed by atoms with Crippen LogP contribution in [0.3, 0.4) is 0 Å². The Balaban J connectivity index is 0. The Labute approximate surface area is 65.4 Å². The molecule has 0 fully saturated rings. The van der Waals surface area contributed by atoms with Gasteiger partial charge in [0.15, 0.2) is 0 Å². The minimum atomic E-state index is -0.765. The Bertz CT molecular complexity index is 53.7. The van der Waals surface area contributed by atoms with Crippen molar-refractivity contribution in [2.24, 2.45) is 5.90 Å². The minimum absolute atomic E-state index is 0. The summed E-state index contributed by atoms with van der Waals surface area (Å²) in [4.78, 5) is 13.2. The molecule has 0 aliphatic carbocycles. The van der Waals surface area contributed by atoms with E-state index in [0.29, 0.717) is 0 Å². The predicted molar refractivity (Wildman–Crippen MR) is 32.7 cm³/mol. The van der Waals surface area contributed by atoms with Crippen molar-refractivity contribution in [2.75, 3.05) is 0 Å². The Hall–Kier alpha value is 0.463. The summed E-state index contributed by atoms with van der Waals surface area (Å²) in [7, 11) is 0. The van der Waals surface area contributed by atoms with Crippen LogP contribution in [0.4, 0.5) is 4.79 Å². The molecule has 0 aliphatic rings. The summed E-state index contributed by atoms with van der Waals surface area (Å²) in [5.74, 6) is 4.32. The predicted octanol–water partition coefficient (Wildman–Crippen LogP) is -1.75. The van der Waals surface area contributed by atoms with Crippen LogP contribution in [0.1, 0.15) is 0 Å². The van der Waals surface area contributed by atoms with Crippen LogP contribution in [0.5, 0.6) is 0 Å². The number of rotatable bonds is 0. The number of thiol groups is 1. The molecule has 0 unspecified atom stereocenters. The van der Waals surface area contributed by atoms with E-state index >= 15 is 0 Å². The number of nitrogens with two attached hydrogens (primary N) is 1. The van der Waals surface area contributed by atoms with Crippen LogP contribution in [-0.2, 0) is 4.84 Å². The summed E-state index contributed by atoms with van der Waals surface area (Å²) in [5, 5.41) is 0. The van der Waals surface area contributed by atoms with Crippen molar-refractivity contribution in [1.29, 1.82) is 0 Å². The zero-order valence-electron chi connectivity index (χ0n) is 3.55. The average Bonchev–Trinajstić information content (AvgIpc) is 1.65. The summed E-state index contributed by atoms with van der Waals surface area (Å²) in [5.41, 5.74) is 0. The van der Waals surface area contributed by atoms with E-state index < -0.39 is 6.09 Å². The van der Waals surface area contributed by atoms with Crippen LogP contribution in [0.2, 0.25) is 0 Å². The van der Waals surface area contributed by atoms with E-state index in [1.807, 2.05) is 4.72 Å². The normalized spacial score (nSPS) is 6.00. The second kappa shape index (κ2) is 6.46. The molecule has 0 aliphatic heterocycles. The van der Waals surface area contributed by atoms with Gasteiger partial charge in [-0.25, -0.2) is 4.79 Å². The molecule has 3 N–H and O–H groups in total. The number of carbonyl (C=O) groups is 1. The van der Waals surface area contributed by atoms with E-state index in [0.717, 1.165) is 0 Å². The molecule has 0 radical (unpaired) electrons. The van der Waals surface area contributed by atoms with Crippen molar-refractivity contribution in [3.63, 3.8) is 0 Å². The van der Waals surface area contributed by atoms with Crippen molar-refractivity contribution < 1.29 is 9.63 Å². The van der Waals surface area contributed by atoms with Gasteiger partial charge in [-0.3, -0.25) is 4.72 Å². The molecule has 0 aromatic carbocycles. The van der Waals surface area contributed by atoms with Gasteiger partial charge in [-0.2, -0.15) is 5.90 Å². The molecule has 6 heteroatoms. The maximum atomic E-state index is 9.65. The SMILES string of the molecule is NOC(=O)NS.[BiH3]. The molecule has 0 heterocycles. The van der Waals surface area contributed by atoms with Gasteiger partial charge < -0.3 is 4.84 Å². The Morgan fingerprint density at radius 1 is 1.86 bits per heavy atom. The monoisotopic (exact) mass is 320 g/mol. The third-order valence-corrected chi connectivity index (χ3v) is 0.381. The van der Waals surface area contributed by atoms with E-state index in [4.69, 9.17) is 0 Å². The van der Waals surface area contributed by atoms with Gasteiger partial charge in [0.1, 0.15) is 0 Å².